The number of amides is 1. The molecule has 1 fully saturated rings. The zero-order valence-electron chi connectivity index (χ0n) is 22.6. The number of Topliss-reactive ketones (excluding diaryl/α,β-unsaturated/α-hetero) is 1. The molecule has 0 aliphatic carbocycles. The number of rotatable bonds is 9. The van der Waals surface area contributed by atoms with Gasteiger partial charge in [0.2, 0.25) is 0 Å². The number of aliphatic hydroxyl groups is 1. The summed E-state index contributed by atoms with van der Waals surface area (Å²) in [5.74, 6) is -1.46. The monoisotopic (exact) mass is 564 g/mol. The van der Waals surface area contributed by atoms with E-state index in [1.165, 1.54) is 27.4 Å². The summed E-state index contributed by atoms with van der Waals surface area (Å²) in [5.41, 5.74) is 1.59. The summed E-state index contributed by atoms with van der Waals surface area (Å²) in [5, 5.41) is 11.6. The van der Waals surface area contributed by atoms with Gasteiger partial charge in [0, 0.05) is 17.2 Å². The molecule has 1 aromatic heterocycles. The molecular formula is C29H28N2O8S. The molecule has 1 amide bonds. The van der Waals surface area contributed by atoms with E-state index in [0.29, 0.717) is 34.1 Å². The Bertz CT molecular complexity index is 1540. The number of nitrogens with zero attached hydrogens (tertiary/aromatic N) is 2. The lowest BCUT2D eigenvalue weighted by Crippen LogP contribution is -2.29. The van der Waals surface area contributed by atoms with Gasteiger partial charge in [0.25, 0.3) is 5.78 Å². The molecule has 1 aliphatic heterocycles. The molecule has 2 heterocycles. The second-order valence-electron chi connectivity index (χ2n) is 8.76. The Morgan fingerprint density at radius 2 is 1.80 bits per heavy atom. The Labute approximate surface area is 235 Å². The summed E-state index contributed by atoms with van der Waals surface area (Å²) in [6, 6.07) is 8.69. The first-order chi connectivity index (χ1) is 19.2. The molecule has 1 saturated heterocycles. The van der Waals surface area contributed by atoms with Gasteiger partial charge in [-0.05, 0) is 49.7 Å². The number of thiazole rings is 1. The normalized spacial score (nSPS) is 16.1. The van der Waals surface area contributed by atoms with E-state index in [2.05, 4.69) is 11.6 Å². The molecule has 3 aromatic rings. The van der Waals surface area contributed by atoms with Crippen LogP contribution in [-0.2, 0) is 14.3 Å². The Morgan fingerprint density at radius 3 is 2.42 bits per heavy atom. The van der Waals surface area contributed by atoms with Gasteiger partial charge >= 0.3 is 11.9 Å². The van der Waals surface area contributed by atoms with Crippen LogP contribution in [0.3, 0.4) is 0 Å². The van der Waals surface area contributed by atoms with Crippen molar-refractivity contribution in [2.45, 2.75) is 19.9 Å². The van der Waals surface area contributed by atoms with Crippen LogP contribution in [0, 0.1) is 13.8 Å². The van der Waals surface area contributed by atoms with Gasteiger partial charge in [-0.1, -0.05) is 24.0 Å². The number of methoxy groups -OCH3 is 3. The number of aromatic nitrogens is 1. The Balaban J connectivity index is 1.95. The first kappa shape index (κ1) is 28.4. The zero-order valence-corrected chi connectivity index (χ0v) is 23.5. The van der Waals surface area contributed by atoms with Crippen molar-refractivity contribution >= 4 is 39.9 Å². The predicted molar refractivity (Wildman–Crippen MR) is 149 cm³/mol. The van der Waals surface area contributed by atoms with E-state index in [1.54, 1.807) is 50.2 Å². The number of hydrogen-bond donors (Lipinski definition) is 1. The summed E-state index contributed by atoms with van der Waals surface area (Å²) in [7, 11) is 4.47. The molecule has 0 radical (unpaired) electrons. The van der Waals surface area contributed by atoms with E-state index in [0.717, 1.165) is 21.8 Å². The molecule has 0 unspecified atom stereocenters. The molecule has 0 spiro atoms. The molecule has 11 heteroatoms. The average Bonchev–Trinajstić information content (AvgIpc) is 3.46. The maximum atomic E-state index is 13.6. The van der Waals surface area contributed by atoms with E-state index < -0.39 is 23.7 Å². The van der Waals surface area contributed by atoms with Crippen molar-refractivity contribution in [3.8, 4) is 17.2 Å². The fourth-order valence-electron chi connectivity index (χ4n) is 4.42. The van der Waals surface area contributed by atoms with Gasteiger partial charge in [-0.25, -0.2) is 9.78 Å². The number of ketones is 1. The summed E-state index contributed by atoms with van der Waals surface area (Å²) in [6.45, 7) is 6.93. The van der Waals surface area contributed by atoms with Crippen LogP contribution in [0.1, 0.15) is 38.1 Å². The highest BCUT2D eigenvalue weighted by Crippen LogP contribution is 2.47. The van der Waals surface area contributed by atoms with Gasteiger partial charge in [-0.2, -0.15) is 0 Å². The van der Waals surface area contributed by atoms with E-state index in [9.17, 15) is 19.5 Å². The number of benzene rings is 2. The maximum absolute atomic E-state index is 13.6. The molecule has 10 nitrogen and oxygen atoms in total. The van der Waals surface area contributed by atoms with Crippen molar-refractivity contribution in [3.63, 3.8) is 0 Å². The van der Waals surface area contributed by atoms with Crippen LogP contribution in [0.25, 0.3) is 5.76 Å². The molecule has 208 valence electrons. The molecule has 4 rings (SSSR count). The highest BCUT2D eigenvalue weighted by Gasteiger charge is 2.49. The average molecular weight is 565 g/mol. The smallest absolute Gasteiger partial charge is 0.350 e. The molecule has 40 heavy (non-hydrogen) atoms. The van der Waals surface area contributed by atoms with Crippen molar-refractivity contribution in [1.29, 1.82) is 0 Å². The quantitative estimate of drug-likeness (QED) is 0.129. The molecule has 1 N–H and O–H groups in total. The predicted octanol–water partition coefficient (Wildman–Crippen LogP) is 4.75. The van der Waals surface area contributed by atoms with Crippen molar-refractivity contribution in [2.75, 3.05) is 32.8 Å². The molecule has 1 aliphatic rings. The number of ether oxygens (including phenoxy) is 4. The largest absolute Gasteiger partial charge is 0.507 e. The number of carbonyl (C=O) groups excluding carboxylic acids is 3. The minimum atomic E-state index is -1.13. The van der Waals surface area contributed by atoms with Gasteiger partial charge in [0.15, 0.2) is 5.13 Å². The molecule has 1 atom stereocenters. The highest BCUT2D eigenvalue weighted by molar-refractivity contribution is 7.17. The number of esters is 1. The molecule has 0 bridgehead atoms. The van der Waals surface area contributed by atoms with E-state index in [1.807, 2.05) is 0 Å². The maximum Gasteiger partial charge on any atom is 0.350 e. The SMILES string of the molecule is C=CCOC(=O)c1sc(N2C(=O)C(=O)/C(=C(/O)c3ccc(OC)c(C)c3)[C@H]2c2ccc(OC)cc2OC)nc1C. The van der Waals surface area contributed by atoms with Crippen molar-refractivity contribution < 1.29 is 38.4 Å². The van der Waals surface area contributed by atoms with Crippen LogP contribution < -0.4 is 19.1 Å². The topological polar surface area (TPSA) is 124 Å². The first-order valence-corrected chi connectivity index (χ1v) is 12.9. The lowest BCUT2D eigenvalue weighted by Gasteiger charge is -2.25. The van der Waals surface area contributed by atoms with Crippen LogP contribution in [0.15, 0.2) is 54.6 Å². The zero-order chi connectivity index (χ0) is 29.1. The lowest BCUT2D eigenvalue weighted by molar-refractivity contribution is -0.132. The molecule has 0 saturated carbocycles. The number of anilines is 1. The summed E-state index contributed by atoms with van der Waals surface area (Å²) in [4.78, 5) is 45.5. The number of aliphatic hydroxyl groups excluding tert-OH is 1. The second kappa shape index (κ2) is 11.6. The minimum absolute atomic E-state index is 0.000343. The van der Waals surface area contributed by atoms with Crippen molar-refractivity contribution in [1.82, 2.24) is 4.98 Å². The minimum Gasteiger partial charge on any atom is -0.507 e. The van der Waals surface area contributed by atoms with Crippen LogP contribution >= 0.6 is 11.3 Å². The van der Waals surface area contributed by atoms with Gasteiger partial charge in [0.05, 0.1) is 32.6 Å². The Hall–Kier alpha value is -4.64. The van der Waals surface area contributed by atoms with Gasteiger partial charge in [0.1, 0.15) is 40.5 Å². The van der Waals surface area contributed by atoms with Crippen LogP contribution in [0.5, 0.6) is 17.2 Å². The fraction of sp³-hybridized carbons (Fsp3) is 0.241. The van der Waals surface area contributed by atoms with Crippen LogP contribution in [-0.4, -0.2) is 55.7 Å². The number of carbonyl (C=O) groups is 3. The van der Waals surface area contributed by atoms with Gasteiger partial charge in [-0.15, -0.1) is 0 Å². The number of aryl methyl sites for hydroxylation is 2. The number of hydrogen-bond acceptors (Lipinski definition) is 10. The van der Waals surface area contributed by atoms with Crippen LogP contribution in [0.4, 0.5) is 5.13 Å². The Kier molecular flexibility index (Phi) is 8.24. The summed E-state index contributed by atoms with van der Waals surface area (Å²) < 4.78 is 21.4. The standard InChI is InChI=1S/C29H28N2O8S/c1-7-12-39-28(35)26-16(3)30-29(40-26)31-23(19-10-9-18(36-4)14-21(19)38-6)22(25(33)27(31)34)24(32)17-8-11-20(37-5)15(2)13-17/h7-11,13-14,23,32H,1,12H2,2-6H3/b24-22+/t23-/m1/s1. The third-order valence-electron chi connectivity index (χ3n) is 6.36. The van der Waals surface area contributed by atoms with E-state index in [-0.39, 0.29) is 27.9 Å². The molecule has 2 aromatic carbocycles. The van der Waals surface area contributed by atoms with Crippen LogP contribution in [0.2, 0.25) is 0 Å². The third kappa shape index (κ3) is 5.03. The second-order valence-corrected chi connectivity index (χ2v) is 9.74. The summed E-state index contributed by atoms with van der Waals surface area (Å²) >= 11 is 0.904. The van der Waals surface area contributed by atoms with E-state index >= 15 is 0 Å². The van der Waals surface area contributed by atoms with Gasteiger partial charge < -0.3 is 24.1 Å². The summed E-state index contributed by atoms with van der Waals surface area (Å²) in [6.07, 6.45) is 1.44. The van der Waals surface area contributed by atoms with E-state index in [4.69, 9.17) is 18.9 Å². The fourth-order valence-corrected chi connectivity index (χ4v) is 5.41. The lowest BCUT2D eigenvalue weighted by atomic mass is 9.94. The van der Waals surface area contributed by atoms with Crippen molar-refractivity contribution in [2.24, 2.45) is 0 Å². The highest BCUT2D eigenvalue weighted by atomic mass is 32.1. The molecular weight excluding hydrogens is 536 g/mol. The van der Waals surface area contributed by atoms with Crippen molar-refractivity contribution in [3.05, 3.63) is 81.9 Å². The Morgan fingerprint density at radius 1 is 1.07 bits per heavy atom. The van der Waals surface area contributed by atoms with Gasteiger partial charge in [-0.3, -0.25) is 14.5 Å². The first-order valence-electron chi connectivity index (χ1n) is 12.1. The third-order valence-corrected chi connectivity index (χ3v) is 7.49.